The van der Waals surface area contributed by atoms with E-state index < -0.39 is 36.0 Å². The minimum Gasteiger partial charge on any atom is -0.480 e. The van der Waals surface area contributed by atoms with Crippen LogP contribution in [0.4, 0.5) is 0 Å². The number of nitrogens with two attached hydrogens (primary N) is 1. The molecule has 1 unspecified atom stereocenters. The molecule has 146 valence electrons. The first kappa shape index (κ1) is 20.2. The molecule has 0 aromatic carbocycles. The second-order valence-corrected chi connectivity index (χ2v) is 7.30. The predicted molar refractivity (Wildman–Crippen MR) is 90.7 cm³/mol. The average molecular weight is 369 g/mol. The number of carbonyl (C=O) groups excluding carboxylic acids is 3. The summed E-state index contributed by atoms with van der Waals surface area (Å²) in [5, 5.41) is 14.4. The fraction of sp³-hybridized carbons (Fsp3) is 0.765. The summed E-state index contributed by atoms with van der Waals surface area (Å²) in [5.41, 5.74) is 5.44. The Kier molecular flexibility index (Phi) is 6.22. The Balaban J connectivity index is 1.82. The Morgan fingerprint density at radius 1 is 1.35 bits per heavy atom. The quantitative estimate of drug-likeness (QED) is 0.396. The zero-order valence-corrected chi connectivity index (χ0v) is 15.2. The van der Waals surface area contributed by atoms with Gasteiger partial charge in [-0.2, -0.15) is 0 Å². The molecule has 0 bridgehead atoms. The van der Waals surface area contributed by atoms with Crippen molar-refractivity contribution in [3.63, 3.8) is 0 Å². The zero-order chi connectivity index (χ0) is 19.6. The summed E-state index contributed by atoms with van der Waals surface area (Å²) >= 11 is 0. The van der Waals surface area contributed by atoms with Gasteiger partial charge in [0.05, 0.1) is 6.04 Å². The van der Waals surface area contributed by atoms with Crippen molar-refractivity contribution < 1.29 is 29.0 Å². The van der Waals surface area contributed by atoms with E-state index in [2.05, 4.69) is 10.6 Å². The molecular weight excluding hydrogens is 342 g/mol. The molecule has 9 heteroatoms. The fourth-order valence-electron chi connectivity index (χ4n) is 3.11. The molecule has 0 aromatic rings. The van der Waals surface area contributed by atoms with Gasteiger partial charge in [0, 0.05) is 6.04 Å². The molecule has 2 fully saturated rings. The van der Waals surface area contributed by atoms with E-state index in [-0.39, 0.29) is 36.2 Å². The first-order valence-corrected chi connectivity index (χ1v) is 8.95. The van der Waals surface area contributed by atoms with Crippen LogP contribution in [0.15, 0.2) is 0 Å². The van der Waals surface area contributed by atoms with Crippen LogP contribution in [0.3, 0.4) is 0 Å². The van der Waals surface area contributed by atoms with Gasteiger partial charge in [-0.25, -0.2) is 4.79 Å². The van der Waals surface area contributed by atoms with Crippen LogP contribution in [-0.2, 0) is 23.9 Å². The minimum atomic E-state index is -1.14. The van der Waals surface area contributed by atoms with E-state index >= 15 is 0 Å². The smallest absolute Gasteiger partial charge is 0.326 e. The van der Waals surface area contributed by atoms with Crippen molar-refractivity contribution in [1.82, 2.24) is 10.6 Å². The molecule has 5 N–H and O–H groups in total. The van der Waals surface area contributed by atoms with E-state index in [4.69, 9.17) is 10.5 Å². The number of amides is 2. The Bertz CT molecular complexity index is 593. The number of carboxylic acid groups (broad SMARTS) is 1. The number of aliphatic carboxylic acids is 1. The fourth-order valence-corrected chi connectivity index (χ4v) is 3.11. The number of carboxylic acids is 1. The van der Waals surface area contributed by atoms with E-state index in [1.807, 2.05) is 13.8 Å². The van der Waals surface area contributed by atoms with E-state index in [1.165, 1.54) is 6.92 Å². The summed E-state index contributed by atoms with van der Waals surface area (Å²) in [6.45, 7) is 5.33. The van der Waals surface area contributed by atoms with Crippen molar-refractivity contribution in [1.29, 1.82) is 0 Å². The van der Waals surface area contributed by atoms with Gasteiger partial charge in [0.2, 0.25) is 5.91 Å². The maximum atomic E-state index is 12.3. The highest BCUT2D eigenvalue weighted by Crippen LogP contribution is 2.37. The molecule has 0 radical (unpaired) electrons. The molecule has 1 heterocycles. The molecule has 2 rings (SSSR count). The molecule has 0 aromatic heterocycles. The number of hydrogen-bond donors (Lipinski definition) is 4. The lowest BCUT2D eigenvalue weighted by Gasteiger charge is -2.37. The lowest BCUT2D eigenvalue weighted by Crippen LogP contribution is -2.56. The summed E-state index contributed by atoms with van der Waals surface area (Å²) in [6, 6.07) is -2.01. The topological polar surface area (TPSA) is 148 Å². The number of hydrogen-bond acceptors (Lipinski definition) is 6. The van der Waals surface area contributed by atoms with E-state index in [0.717, 1.165) is 6.42 Å². The van der Waals surface area contributed by atoms with E-state index in [0.29, 0.717) is 6.42 Å². The summed E-state index contributed by atoms with van der Waals surface area (Å²) in [6.07, 6.45) is 0.831. The van der Waals surface area contributed by atoms with Crippen molar-refractivity contribution in [2.75, 3.05) is 0 Å². The molecule has 2 amide bonds. The predicted octanol–water partition coefficient (Wildman–Crippen LogP) is -0.614. The van der Waals surface area contributed by atoms with Gasteiger partial charge in [0.1, 0.15) is 12.0 Å². The SMILES string of the molecule is CCC(C)[C@@H]1C(=O)O[C@H]1C(=O)N[C@@H]1C[C@H]1C[C@H](NC(=O)[C@H](C)N)C(=O)O. The van der Waals surface area contributed by atoms with Gasteiger partial charge < -0.3 is 26.2 Å². The van der Waals surface area contributed by atoms with Crippen molar-refractivity contribution >= 4 is 23.8 Å². The van der Waals surface area contributed by atoms with Gasteiger partial charge in [0.25, 0.3) is 5.91 Å². The van der Waals surface area contributed by atoms with Crippen LogP contribution in [0, 0.1) is 17.8 Å². The number of ether oxygens (including phenoxy) is 1. The van der Waals surface area contributed by atoms with Crippen molar-refractivity contribution in [3.8, 4) is 0 Å². The zero-order valence-electron chi connectivity index (χ0n) is 15.2. The number of esters is 1. The van der Waals surface area contributed by atoms with Gasteiger partial charge in [0.15, 0.2) is 6.10 Å². The van der Waals surface area contributed by atoms with Crippen LogP contribution < -0.4 is 16.4 Å². The molecule has 1 aliphatic carbocycles. The highest BCUT2D eigenvalue weighted by Gasteiger charge is 2.51. The molecule has 9 nitrogen and oxygen atoms in total. The highest BCUT2D eigenvalue weighted by molar-refractivity contribution is 5.94. The van der Waals surface area contributed by atoms with Crippen LogP contribution in [0.25, 0.3) is 0 Å². The van der Waals surface area contributed by atoms with Gasteiger partial charge >= 0.3 is 11.9 Å². The lowest BCUT2D eigenvalue weighted by atomic mass is 9.83. The maximum Gasteiger partial charge on any atom is 0.326 e. The number of cyclic esters (lactones) is 1. The van der Waals surface area contributed by atoms with Crippen LogP contribution in [0.1, 0.15) is 40.0 Å². The normalized spacial score (nSPS) is 30.2. The molecule has 26 heavy (non-hydrogen) atoms. The number of carbonyl (C=O) groups is 4. The van der Waals surface area contributed by atoms with Crippen molar-refractivity contribution in [3.05, 3.63) is 0 Å². The van der Waals surface area contributed by atoms with Gasteiger partial charge in [-0.1, -0.05) is 20.3 Å². The van der Waals surface area contributed by atoms with Crippen molar-refractivity contribution in [2.45, 2.75) is 64.3 Å². The molecule has 2 aliphatic rings. The Labute approximate surface area is 152 Å². The maximum absolute atomic E-state index is 12.3. The molecule has 7 atom stereocenters. The minimum absolute atomic E-state index is 0.0498. The highest BCUT2D eigenvalue weighted by atomic mass is 16.6. The van der Waals surface area contributed by atoms with Gasteiger partial charge in [-0.3, -0.25) is 14.4 Å². The lowest BCUT2D eigenvalue weighted by molar-refractivity contribution is -0.193. The first-order valence-electron chi connectivity index (χ1n) is 8.95. The van der Waals surface area contributed by atoms with Gasteiger partial charge in [-0.05, 0) is 31.6 Å². The second-order valence-electron chi connectivity index (χ2n) is 7.30. The van der Waals surface area contributed by atoms with E-state index in [1.54, 1.807) is 0 Å². The summed E-state index contributed by atoms with van der Waals surface area (Å²) in [7, 11) is 0. The van der Waals surface area contributed by atoms with Crippen LogP contribution in [0.5, 0.6) is 0 Å². The number of rotatable bonds is 9. The third kappa shape index (κ3) is 4.51. The molecular formula is C17H27N3O6. The molecule has 0 spiro atoms. The average Bonchev–Trinajstić information content (AvgIpc) is 3.28. The van der Waals surface area contributed by atoms with E-state index in [9.17, 15) is 24.3 Å². The summed E-state index contributed by atoms with van der Waals surface area (Å²) in [5.74, 6) is -2.77. The Morgan fingerprint density at radius 2 is 2.00 bits per heavy atom. The Hall–Kier alpha value is -2.16. The summed E-state index contributed by atoms with van der Waals surface area (Å²) in [4.78, 5) is 46.8. The Morgan fingerprint density at radius 3 is 2.50 bits per heavy atom. The third-order valence-corrected chi connectivity index (χ3v) is 5.17. The number of nitrogens with one attached hydrogen (secondary N) is 2. The monoisotopic (exact) mass is 369 g/mol. The standard InChI is InChI=1S/C17H27N3O6/c1-4-7(2)12-13(26-17(12)25)15(22)19-10-5-9(10)6-11(16(23)24)20-14(21)8(3)18/h7-13H,4-6,18H2,1-3H3,(H,19,22)(H,20,21)(H,23,24)/t7?,8-,9-,10+,11-,12-,13+/m0/s1. The van der Waals surface area contributed by atoms with Crippen molar-refractivity contribution in [2.24, 2.45) is 23.5 Å². The first-order chi connectivity index (χ1) is 12.1. The van der Waals surface area contributed by atoms with Crippen LogP contribution in [0.2, 0.25) is 0 Å². The molecule has 1 aliphatic heterocycles. The third-order valence-electron chi connectivity index (χ3n) is 5.17. The molecule has 1 saturated carbocycles. The molecule has 1 saturated heterocycles. The van der Waals surface area contributed by atoms with Crippen LogP contribution in [-0.4, -0.2) is 53.1 Å². The van der Waals surface area contributed by atoms with Crippen LogP contribution >= 0.6 is 0 Å². The largest absolute Gasteiger partial charge is 0.480 e. The second kappa shape index (κ2) is 8.03. The van der Waals surface area contributed by atoms with Gasteiger partial charge in [-0.15, -0.1) is 0 Å². The summed E-state index contributed by atoms with van der Waals surface area (Å²) < 4.78 is 4.98.